The molecule has 0 bridgehead atoms. The minimum absolute atomic E-state index is 0.0419. The molecule has 6 nitrogen and oxygen atoms in total. The van der Waals surface area contributed by atoms with Gasteiger partial charge in [0.1, 0.15) is 18.8 Å². The molecular weight excluding hydrogens is 342 g/mol. The number of hydrogen-bond acceptors (Lipinski definition) is 5. The molecule has 3 rings (SSSR count). The molecule has 1 atom stereocenters. The molecule has 0 aliphatic heterocycles. The highest BCUT2D eigenvalue weighted by Crippen LogP contribution is 2.31. The number of rotatable bonds is 5. The van der Waals surface area contributed by atoms with Crippen molar-refractivity contribution in [3.8, 4) is 11.5 Å². The number of hydrogen-bond donors (Lipinski definition) is 2. The van der Waals surface area contributed by atoms with Crippen molar-refractivity contribution in [3.05, 3.63) is 71.3 Å². The zero-order valence-corrected chi connectivity index (χ0v) is 14.1. The summed E-state index contributed by atoms with van der Waals surface area (Å²) in [5.74, 6) is 0.382. The van der Waals surface area contributed by atoms with E-state index in [9.17, 15) is 10.2 Å². The van der Waals surface area contributed by atoms with Gasteiger partial charge in [-0.05, 0) is 41.5 Å². The minimum atomic E-state index is -0.946. The van der Waals surface area contributed by atoms with E-state index in [1.807, 2.05) is 0 Å². The number of methoxy groups -OCH3 is 1. The van der Waals surface area contributed by atoms with E-state index < -0.39 is 6.10 Å². The van der Waals surface area contributed by atoms with Crippen LogP contribution in [0, 0.1) is 0 Å². The second-order valence-corrected chi connectivity index (χ2v) is 5.73. The molecule has 128 valence electrons. The topological polar surface area (TPSA) is 80.4 Å². The molecule has 0 amide bonds. The van der Waals surface area contributed by atoms with Crippen molar-refractivity contribution in [2.75, 3.05) is 7.11 Å². The van der Waals surface area contributed by atoms with Crippen LogP contribution in [0.1, 0.15) is 17.2 Å². The Morgan fingerprint density at radius 1 is 1.24 bits per heavy atom. The molecule has 2 aromatic carbocycles. The van der Waals surface area contributed by atoms with Gasteiger partial charge in [0.2, 0.25) is 0 Å². The predicted molar refractivity (Wildman–Crippen MR) is 95.3 cm³/mol. The van der Waals surface area contributed by atoms with E-state index >= 15 is 0 Å². The lowest BCUT2D eigenvalue weighted by atomic mass is 10.0. The van der Waals surface area contributed by atoms with Crippen LogP contribution in [-0.2, 0) is 0 Å². The molecule has 0 spiro atoms. The fraction of sp³-hybridized carbons (Fsp3) is 0.111. The summed E-state index contributed by atoms with van der Waals surface area (Å²) in [6, 6.07) is 11.8. The van der Waals surface area contributed by atoms with E-state index in [0.717, 1.165) is 5.56 Å². The van der Waals surface area contributed by atoms with Gasteiger partial charge in [0.15, 0.2) is 11.5 Å². The molecular formula is C18H16ClN3O3. The van der Waals surface area contributed by atoms with Gasteiger partial charge >= 0.3 is 0 Å². The summed E-state index contributed by atoms with van der Waals surface area (Å²) in [4.78, 5) is 3.94. The molecule has 3 aromatic rings. The first kappa shape index (κ1) is 17.0. The average molecular weight is 358 g/mol. The van der Waals surface area contributed by atoms with Crippen molar-refractivity contribution >= 4 is 23.4 Å². The first-order valence-electron chi connectivity index (χ1n) is 7.45. The van der Waals surface area contributed by atoms with Crippen molar-refractivity contribution < 1.29 is 14.9 Å². The highest BCUT2D eigenvalue weighted by atomic mass is 35.5. The van der Waals surface area contributed by atoms with E-state index in [0.29, 0.717) is 22.0 Å². The number of aliphatic hydroxyl groups excluding tert-OH is 1. The maximum atomic E-state index is 10.8. The van der Waals surface area contributed by atoms with Crippen molar-refractivity contribution in [3.63, 3.8) is 0 Å². The van der Waals surface area contributed by atoms with Crippen LogP contribution in [0.3, 0.4) is 0 Å². The summed E-state index contributed by atoms with van der Waals surface area (Å²) in [5.41, 5.74) is 1.89. The number of benzene rings is 2. The van der Waals surface area contributed by atoms with Gasteiger partial charge in [0.25, 0.3) is 0 Å². The number of halogens is 1. The molecule has 1 unspecified atom stereocenters. The second kappa shape index (κ2) is 7.38. The zero-order chi connectivity index (χ0) is 17.8. The van der Waals surface area contributed by atoms with Crippen LogP contribution in [0.4, 0.5) is 0 Å². The Labute approximate surface area is 149 Å². The number of phenolic OH excluding ortho intramolecular Hbond substituents is 1. The van der Waals surface area contributed by atoms with Crippen LogP contribution in [0.25, 0.3) is 11.8 Å². The molecule has 0 saturated carbocycles. The van der Waals surface area contributed by atoms with E-state index in [2.05, 4.69) is 10.1 Å². The maximum Gasteiger partial charge on any atom is 0.161 e. The first-order chi connectivity index (χ1) is 12.1. The molecule has 2 N–H and O–H groups in total. The average Bonchev–Trinajstić information content (AvgIpc) is 3.15. The van der Waals surface area contributed by atoms with Gasteiger partial charge in [-0.3, -0.25) is 0 Å². The Balaban J connectivity index is 2.05. The maximum absolute atomic E-state index is 10.8. The van der Waals surface area contributed by atoms with Crippen LogP contribution >= 0.6 is 11.6 Å². The molecule has 0 radical (unpaired) electrons. The number of aromatic hydroxyl groups is 1. The lowest BCUT2D eigenvalue weighted by Gasteiger charge is -2.16. The molecule has 0 saturated heterocycles. The third kappa shape index (κ3) is 3.81. The molecule has 7 heteroatoms. The number of phenols is 1. The highest BCUT2D eigenvalue weighted by molar-refractivity contribution is 6.30. The third-order valence-electron chi connectivity index (χ3n) is 3.67. The van der Waals surface area contributed by atoms with Crippen LogP contribution < -0.4 is 4.74 Å². The lowest BCUT2D eigenvalue weighted by molar-refractivity contribution is 0.231. The zero-order valence-electron chi connectivity index (χ0n) is 13.4. The van der Waals surface area contributed by atoms with Crippen LogP contribution in [0.5, 0.6) is 11.5 Å². The summed E-state index contributed by atoms with van der Waals surface area (Å²) in [5, 5.41) is 25.2. The van der Waals surface area contributed by atoms with Crippen molar-refractivity contribution in [2.24, 2.45) is 0 Å². The Morgan fingerprint density at radius 3 is 2.64 bits per heavy atom. The lowest BCUT2D eigenvalue weighted by Crippen LogP contribution is -2.08. The van der Waals surface area contributed by atoms with Gasteiger partial charge in [0.05, 0.1) is 12.8 Å². The first-order valence-corrected chi connectivity index (χ1v) is 7.83. The molecule has 0 aliphatic rings. The summed E-state index contributed by atoms with van der Waals surface area (Å²) in [6.45, 7) is 0. The molecule has 1 aromatic heterocycles. The summed E-state index contributed by atoms with van der Waals surface area (Å²) in [7, 11) is 1.48. The molecule has 25 heavy (non-hydrogen) atoms. The van der Waals surface area contributed by atoms with E-state index in [1.165, 1.54) is 30.5 Å². The Bertz CT molecular complexity index is 877. The SMILES string of the molecule is COc1cc(/C=C(\C(O)c2ccc(Cl)cc2)n2cncn2)ccc1O. The van der Waals surface area contributed by atoms with Gasteiger partial charge in [0, 0.05) is 5.02 Å². The second-order valence-electron chi connectivity index (χ2n) is 5.29. The van der Waals surface area contributed by atoms with Crippen LogP contribution in [0.2, 0.25) is 5.02 Å². The largest absolute Gasteiger partial charge is 0.504 e. The Hall–Kier alpha value is -2.83. The van der Waals surface area contributed by atoms with E-state index in [1.54, 1.807) is 42.5 Å². The number of nitrogens with zero attached hydrogens (tertiary/aromatic N) is 3. The van der Waals surface area contributed by atoms with Gasteiger partial charge in [-0.25, -0.2) is 9.67 Å². The van der Waals surface area contributed by atoms with Crippen LogP contribution in [-0.4, -0.2) is 32.1 Å². The summed E-state index contributed by atoms with van der Waals surface area (Å²) < 4.78 is 6.61. The fourth-order valence-electron chi connectivity index (χ4n) is 2.38. The monoisotopic (exact) mass is 357 g/mol. The van der Waals surface area contributed by atoms with Crippen molar-refractivity contribution in [1.82, 2.24) is 14.8 Å². The van der Waals surface area contributed by atoms with Gasteiger partial charge in [-0.1, -0.05) is 29.8 Å². The van der Waals surface area contributed by atoms with Crippen LogP contribution in [0.15, 0.2) is 55.1 Å². The number of ether oxygens (including phenoxy) is 1. The standard InChI is InChI=1S/C18H16ClN3O3/c1-25-17-9-12(2-7-16(17)23)8-15(22-11-20-10-21-22)18(24)13-3-5-14(19)6-4-13/h2-11,18,23-24H,1H3/b15-8+. The van der Waals surface area contributed by atoms with Crippen molar-refractivity contribution in [2.45, 2.75) is 6.10 Å². The smallest absolute Gasteiger partial charge is 0.161 e. The highest BCUT2D eigenvalue weighted by Gasteiger charge is 2.17. The number of aliphatic hydroxyl groups is 1. The van der Waals surface area contributed by atoms with E-state index in [-0.39, 0.29) is 5.75 Å². The molecule has 0 aliphatic carbocycles. The summed E-state index contributed by atoms with van der Waals surface area (Å²) >= 11 is 5.91. The summed E-state index contributed by atoms with van der Waals surface area (Å²) in [6.07, 6.45) is 3.69. The Kier molecular flexibility index (Phi) is 5.02. The normalized spacial score (nSPS) is 12.8. The number of aromatic nitrogens is 3. The third-order valence-corrected chi connectivity index (χ3v) is 3.92. The molecule has 0 fully saturated rings. The molecule has 1 heterocycles. The fourth-order valence-corrected chi connectivity index (χ4v) is 2.51. The van der Waals surface area contributed by atoms with Gasteiger partial charge < -0.3 is 14.9 Å². The van der Waals surface area contributed by atoms with Crippen molar-refractivity contribution in [1.29, 1.82) is 0 Å². The Morgan fingerprint density at radius 2 is 2.00 bits per heavy atom. The van der Waals surface area contributed by atoms with Gasteiger partial charge in [-0.2, -0.15) is 5.10 Å². The predicted octanol–water partition coefficient (Wildman–Crippen LogP) is 3.38. The van der Waals surface area contributed by atoms with Gasteiger partial charge in [-0.15, -0.1) is 0 Å². The van der Waals surface area contributed by atoms with E-state index in [4.69, 9.17) is 16.3 Å². The minimum Gasteiger partial charge on any atom is -0.504 e. The quantitative estimate of drug-likeness (QED) is 0.731.